The maximum atomic E-state index is 12.5. The van der Waals surface area contributed by atoms with E-state index in [2.05, 4.69) is 20.5 Å². The van der Waals surface area contributed by atoms with Gasteiger partial charge in [-0.15, -0.1) is 0 Å². The van der Waals surface area contributed by atoms with Crippen LogP contribution in [0.5, 0.6) is 11.5 Å². The van der Waals surface area contributed by atoms with Crippen LogP contribution in [0.2, 0.25) is 0 Å². The number of carbonyl (C=O) groups excluding carboxylic acids is 1. The second-order valence-electron chi connectivity index (χ2n) is 6.99. The van der Waals surface area contributed by atoms with Crippen LogP contribution >= 0.6 is 0 Å². The molecule has 3 rings (SSSR count). The first kappa shape index (κ1) is 21.1. The van der Waals surface area contributed by atoms with Crippen LogP contribution in [0, 0.1) is 0 Å². The number of para-hydroxylation sites is 1. The van der Waals surface area contributed by atoms with E-state index < -0.39 is 0 Å². The van der Waals surface area contributed by atoms with Crippen LogP contribution < -0.4 is 14.8 Å². The van der Waals surface area contributed by atoms with Crippen molar-refractivity contribution >= 4 is 17.7 Å². The first-order chi connectivity index (χ1) is 14.5. The summed E-state index contributed by atoms with van der Waals surface area (Å²) in [6.07, 6.45) is 3.91. The van der Waals surface area contributed by atoms with Crippen molar-refractivity contribution in [2.24, 2.45) is 0 Å². The van der Waals surface area contributed by atoms with Gasteiger partial charge in [0.2, 0.25) is 0 Å². The van der Waals surface area contributed by atoms with E-state index in [-0.39, 0.29) is 18.4 Å². The minimum atomic E-state index is -0.290. The van der Waals surface area contributed by atoms with Gasteiger partial charge in [-0.05, 0) is 36.8 Å². The summed E-state index contributed by atoms with van der Waals surface area (Å²) in [6, 6.07) is 13.0. The molecule has 0 aliphatic heterocycles. The Morgan fingerprint density at radius 1 is 1.20 bits per heavy atom. The second-order valence-corrected chi connectivity index (χ2v) is 6.99. The van der Waals surface area contributed by atoms with E-state index in [1.165, 1.54) is 0 Å². The van der Waals surface area contributed by atoms with Crippen LogP contribution in [0.15, 0.2) is 48.5 Å². The predicted octanol–water partition coefficient (Wildman–Crippen LogP) is 4.65. The highest BCUT2D eigenvalue weighted by Gasteiger charge is 2.14. The van der Waals surface area contributed by atoms with E-state index in [0.29, 0.717) is 23.0 Å². The summed E-state index contributed by atoms with van der Waals surface area (Å²) in [6.45, 7) is 5.86. The highest BCUT2D eigenvalue weighted by atomic mass is 16.5. The molecule has 7 heteroatoms. The van der Waals surface area contributed by atoms with E-state index >= 15 is 0 Å². The van der Waals surface area contributed by atoms with Gasteiger partial charge >= 0.3 is 0 Å². The third-order valence-electron chi connectivity index (χ3n) is 4.40. The van der Waals surface area contributed by atoms with Crippen molar-refractivity contribution in [3.05, 3.63) is 59.9 Å². The van der Waals surface area contributed by atoms with Gasteiger partial charge in [0.05, 0.1) is 12.8 Å². The molecule has 0 unspecified atom stereocenters. The average molecular weight is 406 g/mol. The van der Waals surface area contributed by atoms with Crippen molar-refractivity contribution in [2.45, 2.75) is 26.7 Å². The number of amides is 1. The summed E-state index contributed by atoms with van der Waals surface area (Å²) in [5.41, 5.74) is 2.35. The first-order valence-electron chi connectivity index (χ1n) is 9.77. The first-order valence-corrected chi connectivity index (χ1v) is 9.77. The number of rotatable bonds is 8. The van der Waals surface area contributed by atoms with Crippen molar-refractivity contribution in [3.8, 4) is 22.9 Å². The Bertz CT molecular complexity index is 1040. The number of carbonyl (C=O) groups is 1. The van der Waals surface area contributed by atoms with Gasteiger partial charge in [0.1, 0.15) is 5.82 Å². The van der Waals surface area contributed by atoms with Crippen molar-refractivity contribution in [3.63, 3.8) is 0 Å². The van der Waals surface area contributed by atoms with Gasteiger partial charge in [0.25, 0.3) is 5.91 Å². The molecule has 1 amide bonds. The number of aromatic amines is 1. The van der Waals surface area contributed by atoms with Crippen molar-refractivity contribution in [1.29, 1.82) is 0 Å². The number of hydrogen-bond acceptors (Lipinski definition) is 5. The van der Waals surface area contributed by atoms with Crippen LogP contribution in [-0.4, -0.2) is 34.8 Å². The Morgan fingerprint density at radius 2 is 2.00 bits per heavy atom. The summed E-state index contributed by atoms with van der Waals surface area (Å²) < 4.78 is 11.0. The van der Waals surface area contributed by atoms with Gasteiger partial charge in [-0.1, -0.05) is 44.2 Å². The lowest BCUT2D eigenvalue weighted by molar-refractivity contribution is -0.118. The number of H-pyrrole nitrogens is 1. The maximum Gasteiger partial charge on any atom is 0.262 e. The second kappa shape index (κ2) is 9.73. The molecule has 0 radical (unpaired) electrons. The molecule has 156 valence electrons. The monoisotopic (exact) mass is 406 g/mol. The summed E-state index contributed by atoms with van der Waals surface area (Å²) in [7, 11) is 1.57. The SMILES string of the molecule is C/C=C/c1ccc(OCC(=O)Nc2ccccc2-c2n[nH]c(C(C)C)n2)c(OC)c1. The maximum absolute atomic E-state index is 12.5. The van der Waals surface area contributed by atoms with Crippen molar-refractivity contribution in [2.75, 3.05) is 19.0 Å². The molecule has 1 aromatic heterocycles. The van der Waals surface area contributed by atoms with Crippen LogP contribution in [0.3, 0.4) is 0 Å². The average Bonchev–Trinajstić information content (AvgIpc) is 3.24. The molecular weight excluding hydrogens is 380 g/mol. The molecule has 0 saturated carbocycles. The summed E-state index contributed by atoms with van der Waals surface area (Å²) in [4.78, 5) is 17.0. The molecule has 0 aliphatic rings. The van der Waals surface area contributed by atoms with Gasteiger partial charge in [-0.3, -0.25) is 9.89 Å². The fourth-order valence-corrected chi connectivity index (χ4v) is 2.87. The Morgan fingerprint density at radius 3 is 2.70 bits per heavy atom. The van der Waals surface area contributed by atoms with E-state index in [4.69, 9.17) is 9.47 Å². The van der Waals surface area contributed by atoms with Crippen molar-refractivity contribution < 1.29 is 14.3 Å². The standard InChI is InChI=1S/C23H26N4O3/c1-5-8-16-11-12-19(20(13-16)29-4)30-14-21(28)24-18-10-7-6-9-17(18)23-25-22(15(2)3)26-27-23/h5-13,15H,14H2,1-4H3,(H,24,28)(H,25,26,27)/b8-5+. The van der Waals surface area contributed by atoms with E-state index in [1.54, 1.807) is 13.2 Å². The molecule has 0 atom stereocenters. The molecular formula is C23H26N4O3. The molecule has 0 bridgehead atoms. The lowest BCUT2D eigenvalue weighted by atomic mass is 10.1. The van der Waals surface area contributed by atoms with Crippen LogP contribution in [-0.2, 0) is 4.79 Å². The third kappa shape index (κ3) is 5.05. The summed E-state index contributed by atoms with van der Waals surface area (Å²) >= 11 is 0. The van der Waals surface area contributed by atoms with Crippen LogP contribution in [0.4, 0.5) is 5.69 Å². The van der Waals surface area contributed by atoms with Gasteiger partial charge in [0, 0.05) is 11.5 Å². The number of ether oxygens (including phenoxy) is 2. The van der Waals surface area contributed by atoms with Gasteiger partial charge in [0.15, 0.2) is 23.9 Å². The number of aromatic nitrogens is 3. The molecule has 1 heterocycles. The fraction of sp³-hybridized carbons (Fsp3) is 0.261. The van der Waals surface area contributed by atoms with Gasteiger partial charge < -0.3 is 14.8 Å². The summed E-state index contributed by atoms with van der Waals surface area (Å²) in [5, 5.41) is 10.1. The molecule has 0 aliphatic carbocycles. The molecule has 3 aromatic rings. The Balaban J connectivity index is 1.70. The number of anilines is 1. The lowest BCUT2D eigenvalue weighted by Crippen LogP contribution is -2.20. The third-order valence-corrected chi connectivity index (χ3v) is 4.40. The number of nitrogens with zero attached hydrogens (tertiary/aromatic N) is 2. The zero-order valence-electron chi connectivity index (χ0n) is 17.6. The Kier molecular flexibility index (Phi) is 6.85. The zero-order chi connectivity index (χ0) is 21.5. The quantitative estimate of drug-likeness (QED) is 0.568. The molecule has 30 heavy (non-hydrogen) atoms. The number of hydrogen-bond donors (Lipinski definition) is 2. The molecule has 0 saturated heterocycles. The Labute approximate surface area is 176 Å². The topological polar surface area (TPSA) is 89.1 Å². The van der Waals surface area contributed by atoms with Crippen molar-refractivity contribution in [1.82, 2.24) is 15.2 Å². The van der Waals surface area contributed by atoms with E-state index in [9.17, 15) is 4.79 Å². The summed E-state index contributed by atoms with van der Waals surface area (Å²) in [5.74, 6) is 2.35. The van der Waals surface area contributed by atoms with Crippen LogP contribution in [0.25, 0.3) is 17.5 Å². The highest BCUT2D eigenvalue weighted by molar-refractivity contribution is 5.95. The number of nitrogens with one attached hydrogen (secondary N) is 2. The smallest absolute Gasteiger partial charge is 0.262 e. The van der Waals surface area contributed by atoms with E-state index in [1.807, 2.05) is 69.3 Å². The zero-order valence-corrected chi connectivity index (χ0v) is 17.6. The lowest BCUT2D eigenvalue weighted by Gasteiger charge is -2.12. The molecule has 0 fully saturated rings. The molecule has 2 N–H and O–H groups in total. The minimum absolute atomic E-state index is 0.154. The predicted molar refractivity (Wildman–Crippen MR) is 118 cm³/mol. The highest BCUT2D eigenvalue weighted by Crippen LogP contribution is 2.29. The van der Waals surface area contributed by atoms with Gasteiger partial charge in [-0.25, -0.2) is 4.98 Å². The number of allylic oxidation sites excluding steroid dienone is 1. The largest absolute Gasteiger partial charge is 0.493 e. The molecule has 2 aromatic carbocycles. The molecule has 0 spiro atoms. The minimum Gasteiger partial charge on any atom is -0.493 e. The van der Waals surface area contributed by atoms with E-state index in [0.717, 1.165) is 17.0 Å². The fourth-order valence-electron chi connectivity index (χ4n) is 2.87. The number of methoxy groups -OCH3 is 1. The molecule has 7 nitrogen and oxygen atoms in total. The van der Waals surface area contributed by atoms with Gasteiger partial charge in [-0.2, -0.15) is 5.10 Å². The Hall–Kier alpha value is -3.61. The van der Waals surface area contributed by atoms with Crippen LogP contribution in [0.1, 0.15) is 38.1 Å². The normalized spacial score (nSPS) is 11.1. The number of benzene rings is 2.